The van der Waals surface area contributed by atoms with E-state index in [0.717, 1.165) is 12.1 Å². The minimum absolute atomic E-state index is 0.127. The molecule has 112 valence electrons. The molecule has 2 aromatic rings. The summed E-state index contributed by atoms with van der Waals surface area (Å²) in [6.07, 6.45) is 0. The number of hydrogen-bond donors (Lipinski definition) is 1. The van der Waals surface area contributed by atoms with Gasteiger partial charge in [0, 0.05) is 5.02 Å². The van der Waals surface area contributed by atoms with Crippen LogP contribution in [0, 0.1) is 0 Å². The number of anilines is 1. The molecule has 0 radical (unpaired) electrons. The van der Waals surface area contributed by atoms with Gasteiger partial charge in [0.25, 0.3) is 10.0 Å². The van der Waals surface area contributed by atoms with E-state index >= 15 is 0 Å². The third kappa shape index (κ3) is 3.72. The summed E-state index contributed by atoms with van der Waals surface area (Å²) in [6, 6.07) is 10.0. The second-order valence-electron chi connectivity index (χ2n) is 3.99. The normalized spacial score (nSPS) is 12.1. The molecular weight excluding hydrogens is 341 g/mol. The van der Waals surface area contributed by atoms with Crippen molar-refractivity contribution in [2.45, 2.75) is 9.79 Å². The minimum Gasteiger partial charge on any atom is -0.278 e. The average Bonchev–Trinajstić information content (AvgIpc) is 2.38. The Morgan fingerprint density at radius 3 is 2.05 bits per heavy atom. The quantitative estimate of drug-likeness (QED) is 0.861. The van der Waals surface area contributed by atoms with Crippen LogP contribution in [0.5, 0.6) is 0 Å². The van der Waals surface area contributed by atoms with E-state index in [4.69, 9.17) is 11.6 Å². The third-order valence-corrected chi connectivity index (χ3v) is 5.03. The van der Waals surface area contributed by atoms with Crippen LogP contribution in [0.3, 0.4) is 0 Å². The molecular formula is C12H9ClFNO4S2. The highest BCUT2D eigenvalue weighted by Gasteiger charge is 2.21. The van der Waals surface area contributed by atoms with Crippen LogP contribution in [0.4, 0.5) is 9.57 Å². The average molecular weight is 350 g/mol. The fraction of sp³-hybridized carbons (Fsp3) is 0. The van der Waals surface area contributed by atoms with Gasteiger partial charge in [-0.1, -0.05) is 23.7 Å². The first-order valence-electron chi connectivity index (χ1n) is 5.52. The van der Waals surface area contributed by atoms with Crippen molar-refractivity contribution in [3.63, 3.8) is 0 Å². The molecule has 0 saturated carbocycles. The van der Waals surface area contributed by atoms with Crippen LogP contribution in [-0.4, -0.2) is 16.8 Å². The van der Waals surface area contributed by atoms with Crippen molar-refractivity contribution in [3.8, 4) is 0 Å². The van der Waals surface area contributed by atoms with E-state index in [0.29, 0.717) is 5.02 Å². The molecule has 0 unspecified atom stereocenters. The van der Waals surface area contributed by atoms with Crippen molar-refractivity contribution in [1.29, 1.82) is 0 Å². The van der Waals surface area contributed by atoms with E-state index in [1.807, 2.05) is 4.72 Å². The molecule has 0 atom stereocenters. The van der Waals surface area contributed by atoms with Crippen LogP contribution < -0.4 is 4.72 Å². The topological polar surface area (TPSA) is 80.3 Å². The second-order valence-corrected chi connectivity index (χ2v) is 7.43. The van der Waals surface area contributed by atoms with Crippen molar-refractivity contribution in [2.75, 3.05) is 4.72 Å². The van der Waals surface area contributed by atoms with E-state index < -0.39 is 25.1 Å². The fourth-order valence-electron chi connectivity index (χ4n) is 1.58. The highest BCUT2D eigenvalue weighted by atomic mass is 35.5. The molecule has 0 aromatic heterocycles. The summed E-state index contributed by atoms with van der Waals surface area (Å²) in [7, 11) is -9.10. The molecule has 0 saturated heterocycles. The predicted molar refractivity (Wildman–Crippen MR) is 77.0 cm³/mol. The Kier molecular flexibility index (Phi) is 4.22. The summed E-state index contributed by atoms with van der Waals surface area (Å²) in [6.45, 7) is 0. The first-order chi connectivity index (χ1) is 9.70. The van der Waals surface area contributed by atoms with Gasteiger partial charge in [-0.2, -0.15) is 8.42 Å². The lowest BCUT2D eigenvalue weighted by Gasteiger charge is -2.10. The zero-order valence-corrected chi connectivity index (χ0v) is 12.7. The first kappa shape index (κ1) is 15.7. The standard InChI is InChI=1S/C12H9ClFNO4S2/c13-9-5-7-10(8-6-9)21(18,19)15-11-3-1-2-4-12(11)20(14,16)17/h1-8,15H. The molecule has 0 bridgehead atoms. The van der Waals surface area contributed by atoms with Crippen LogP contribution in [-0.2, 0) is 20.2 Å². The van der Waals surface area contributed by atoms with Gasteiger partial charge in [0.15, 0.2) is 0 Å². The van der Waals surface area contributed by atoms with Gasteiger partial charge in [-0.15, -0.1) is 3.89 Å². The molecule has 0 aliphatic heterocycles. The van der Waals surface area contributed by atoms with Gasteiger partial charge in [-0.05, 0) is 36.4 Å². The maximum Gasteiger partial charge on any atom is 0.334 e. The highest BCUT2D eigenvalue weighted by molar-refractivity contribution is 7.93. The number of halogens is 2. The lowest BCUT2D eigenvalue weighted by atomic mass is 10.3. The molecule has 0 spiro atoms. The van der Waals surface area contributed by atoms with E-state index in [-0.39, 0.29) is 10.6 Å². The van der Waals surface area contributed by atoms with Gasteiger partial charge in [-0.25, -0.2) is 8.42 Å². The number of sulfonamides is 1. The van der Waals surface area contributed by atoms with Gasteiger partial charge in [-0.3, -0.25) is 4.72 Å². The Morgan fingerprint density at radius 1 is 0.905 bits per heavy atom. The molecule has 1 N–H and O–H groups in total. The van der Waals surface area contributed by atoms with E-state index in [1.165, 1.54) is 36.4 Å². The number of rotatable bonds is 4. The van der Waals surface area contributed by atoms with Crippen molar-refractivity contribution in [1.82, 2.24) is 0 Å². The number of hydrogen-bond acceptors (Lipinski definition) is 4. The van der Waals surface area contributed by atoms with Crippen LogP contribution in [0.25, 0.3) is 0 Å². The van der Waals surface area contributed by atoms with Crippen molar-refractivity contribution < 1.29 is 20.7 Å². The molecule has 5 nitrogen and oxygen atoms in total. The molecule has 21 heavy (non-hydrogen) atoms. The summed E-state index contributed by atoms with van der Waals surface area (Å²) in [5, 5.41) is 0.348. The highest BCUT2D eigenvalue weighted by Crippen LogP contribution is 2.25. The zero-order chi connectivity index (χ0) is 15.7. The van der Waals surface area contributed by atoms with Crippen molar-refractivity contribution in [3.05, 3.63) is 53.6 Å². The van der Waals surface area contributed by atoms with E-state index in [2.05, 4.69) is 0 Å². The van der Waals surface area contributed by atoms with E-state index in [1.54, 1.807) is 0 Å². The predicted octanol–water partition coefficient (Wildman–Crippen LogP) is 2.80. The summed E-state index contributed by atoms with van der Waals surface area (Å²) in [5.41, 5.74) is -0.366. The third-order valence-electron chi connectivity index (χ3n) is 2.52. The summed E-state index contributed by atoms with van der Waals surface area (Å²) in [5.74, 6) is 0. The van der Waals surface area contributed by atoms with Gasteiger partial charge in [0.2, 0.25) is 0 Å². The summed E-state index contributed by atoms with van der Waals surface area (Å²) >= 11 is 5.66. The Morgan fingerprint density at radius 2 is 1.48 bits per heavy atom. The number of para-hydroxylation sites is 1. The first-order valence-corrected chi connectivity index (χ1v) is 8.77. The number of nitrogens with one attached hydrogen (secondary N) is 1. The maximum absolute atomic E-state index is 13.1. The molecule has 9 heteroatoms. The Bertz CT molecular complexity index is 864. The smallest absolute Gasteiger partial charge is 0.278 e. The Balaban J connectivity index is 2.45. The lowest BCUT2D eigenvalue weighted by Crippen LogP contribution is -2.14. The van der Waals surface area contributed by atoms with Gasteiger partial charge in [0.05, 0.1) is 10.6 Å². The maximum atomic E-state index is 13.1. The second kappa shape index (κ2) is 5.63. The van der Waals surface area contributed by atoms with Gasteiger partial charge < -0.3 is 0 Å². The van der Waals surface area contributed by atoms with Gasteiger partial charge >= 0.3 is 10.2 Å². The van der Waals surface area contributed by atoms with Crippen LogP contribution in [0.15, 0.2) is 58.3 Å². The van der Waals surface area contributed by atoms with Crippen LogP contribution >= 0.6 is 11.6 Å². The van der Waals surface area contributed by atoms with Crippen LogP contribution in [0.1, 0.15) is 0 Å². The zero-order valence-electron chi connectivity index (χ0n) is 10.3. The number of benzene rings is 2. The summed E-state index contributed by atoms with van der Waals surface area (Å²) in [4.78, 5) is -0.875. The molecule has 2 rings (SSSR count). The molecule has 2 aromatic carbocycles. The Labute approximate surface area is 126 Å². The molecule has 0 aliphatic carbocycles. The minimum atomic E-state index is -5.04. The lowest BCUT2D eigenvalue weighted by molar-refractivity contribution is 0.552. The summed E-state index contributed by atoms with van der Waals surface area (Å²) < 4.78 is 61.4. The largest absolute Gasteiger partial charge is 0.334 e. The molecule has 0 aliphatic rings. The molecule has 0 heterocycles. The fourth-order valence-corrected chi connectivity index (χ4v) is 3.47. The monoisotopic (exact) mass is 349 g/mol. The van der Waals surface area contributed by atoms with Crippen LogP contribution in [0.2, 0.25) is 5.02 Å². The van der Waals surface area contributed by atoms with Crippen molar-refractivity contribution in [2.24, 2.45) is 0 Å². The SMILES string of the molecule is O=S(=O)(F)c1ccccc1NS(=O)(=O)c1ccc(Cl)cc1. The van der Waals surface area contributed by atoms with Gasteiger partial charge in [0.1, 0.15) is 4.90 Å². The van der Waals surface area contributed by atoms with E-state index in [9.17, 15) is 20.7 Å². The Hall–Kier alpha value is -1.64. The van der Waals surface area contributed by atoms with Crippen molar-refractivity contribution >= 4 is 37.5 Å². The molecule has 0 fully saturated rings. The molecule has 0 amide bonds.